The average molecular weight is 277 g/mol. The molecule has 0 aromatic heterocycles. The minimum Gasteiger partial charge on any atom is -0.481 e. The van der Waals surface area contributed by atoms with Crippen molar-refractivity contribution in [1.29, 1.82) is 0 Å². The lowest BCUT2D eigenvalue weighted by Crippen LogP contribution is -2.30. The number of amides is 1. The molecule has 2 atom stereocenters. The van der Waals surface area contributed by atoms with Gasteiger partial charge in [-0.1, -0.05) is 44.2 Å². The molecule has 0 saturated heterocycles. The van der Waals surface area contributed by atoms with Crippen LogP contribution in [-0.4, -0.2) is 23.5 Å². The summed E-state index contributed by atoms with van der Waals surface area (Å²) in [6, 6.07) is 9.71. The lowest BCUT2D eigenvalue weighted by atomic mass is 9.95. The average Bonchev–Trinajstić information content (AvgIpc) is 2.45. The van der Waals surface area contributed by atoms with Crippen molar-refractivity contribution in [3.8, 4) is 0 Å². The Bertz CT molecular complexity index is 431. The summed E-state index contributed by atoms with van der Waals surface area (Å²) in [7, 11) is 0. The third-order valence-corrected chi connectivity index (χ3v) is 3.46. The van der Waals surface area contributed by atoms with Crippen molar-refractivity contribution in [2.75, 3.05) is 6.54 Å². The fourth-order valence-electron chi connectivity index (χ4n) is 2.12. The van der Waals surface area contributed by atoms with Crippen molar-refractivity contribution in [2.24, 2.45) is 5.92 Å². The molecule has 2 unspecified atom stereocenters. The van der Waals surface area contributed by atoms with E-state index < -0.39 is 5.97 Å². The zero-order valence-electron chi connectivity index (χ0n) is 12.1. The molecule has 2 N–H and O–H groups in total. The molecule has 0 radical (unpaired) electrons. The number of rotatable bonds is 8. The van der Waals surface area contributed by atoms with Gasteiger partial charge in [-0.05, 0) is 24.8 Å². The van der Waals surface area contributed by atoms with Crippen LogP contribution in [0.15, 0.2) is 30.3 Å². The van der Waals surface area contributed by atoms with Crippen LogP contribution in [0.5, 0.6) is 0 Å². The van der Waals surface area contributed by atoms with E-state index in [1.54, 1.807) is 6.92 Å². The van der Waals surface area contributed by atoms with E-state index in [4.69, 9.17) is 5.11 Å². The van der Waals surface area contributed by atoms with Gasteiger partial charge < -0.3 is 10.4 Å². The van der Waals surface area contributed by atoms with E-state index in [9.17, 15) is 9.59 Å². The Kier molecular flexibility index (Phi) is 6.77. The first-order valence-electron chi connectivity index (χ1n) is 7.11. The van der Waals surface area contributed by atoms with Crippen molar-refractivity contribution in [3.63, 3.8) is 0 Å². The van der Waals surface area contributed by atoms with E-state index >= 15 is 0 Å². The highest BCUT2D eigenvalue weighted by Gasteiger charge is 2.18. The van der Waals surface area contributed by atoms with Gasteiger partial charge in [-0.25, -0.2) is 0 Å². The van der Waals surface area contributed by atoms with E-state index in [2.05, 4.69) is 5.32 Å². The number of aliphatic carboxylic acids is 1. The minimum absolute atomic E-state index is 0.0154. The van der Waals surface area contributed by atoms with Crippen LogP contribution in [0.25, 0.3) is 0 Å². The summed E-state index contributed by atoms with van der Waals surface area (Å²) in [4.78, 5) is 22.8. The summed E-state index contributed by atoms with van der Waals surface area (Å²) < 4.78 is 0. The van der Waals surface area contributed by atoms with Crippen LogP contribution in [0.3, 0.4) is 0 Å². The summed E-state index contributed by atoms with van der Waals surface area (Å²) in [5, 5.41) is 11.7. The van der Waals surface area contributed by atoms with E-state index in [1.807, 2.05) is 37.3 Å². The van der Waals surface area contributed by atoms with Gasteiger partial charge in [0.25, 0.3) is 0 Å². The van der Waals surface area contributed by atoms with Crippen molar-refractivity contribution in [1.82, 2.24) is 5.32 Å². The molecule has 4 nitrogen and oxygen atoms in total. The molecule has 1 aromatic rings. The molecule has 0 heterocycles. The van der Waals surface area contributed by atoms with Gasteiger partial charge in [0.1, 0.15) is 0 Å². The maximum Gasteiger partial charge on any atom is 0.306 e. The Labute approximate surface area is 120 Å². The molecular weight excluding hydrogens is 254 g/mol. The number of carbonyl (C=O) groups excluding carboxylic acids is 1. The number of nitrogens with one attached hydrogen (secondary N) is 1. The SMILES string of the molecule is CCC(C(=O)NCCCC(C)C(=O)O)c1ccccc1. The Balaban J connectivity index is 2.39. The predicted molar refractivity (Wildman–Crippen MR) is 78.5 cm³/mol. The molecule has 0 aliphatic heterocycles. The number of hydrogen-bond donors (Lipinski definition) is 2. The Morgan fingerprint density at radius 2 is 1.90 bits per heavy atom. The molecule has 0 spiro atoms. The summed E-state index contributed by atoms with van der Waals surface area (Å²) in [5.74, 6) is -1.26. The molecule has 1 aromatic carbocycles. The third-order valence-electron chi connectivity index (χ3n) is 3.46. The minimum atomic E-state index is -0.785. The molecule has 1 rings (SSSR count). The van der Waals surface area contributed by atoms with Gasteiger partial charge in [0.15, 0.2) is 0 Å². The maximum absolute atomic E-state index is 12.1. The highest BCUT2D eigenvalue weighted by molar-refractivity contribution is 5.83. The van der Waals surface area contributed by atoms with Crippen LogP contribution in [0.4, 0.5) is 0 Å². The van der Waals surface area contributed by atoms with Gasteiger partial charge in [-0.2, -0.15) is 0 Å². The fourth-order valence-corrected chi connectivity index (χ4v) is 2.12. The highest BCUT2D eigenvalue weighted by Crippen LogP contribution is 2.19. The van der Waals surface area contributed by atoms with Crippen molar-refractivity contribution < 1.29 is 14.7 Å². The van der Waals surface area contributed by atoms with Gasteiger partial charge in [0.2, 0.25) is 5.91 Å². The molecule has 110 valence electrons. The first-order valence-corrected chi connectivity index (χ1v) is 7.11. The number of benzene rings is 1. The van der Waals surface area contributed by atoms with E-state index in [-0.39, 0.29) is 17.7 Å². The summed E-state index contributed by atoms with van der Waals surface area (Å²) in [6.45, 7) is 4.20. The van der Waals surface area contributed by atoms with Gasteiger partial charge in [-0.15, -0.1) is 0 Å². The highest BCUT2D eigenvalue weighted by atomic mass is 16.4. The first kappa shape index (κ1) is 16.2. The van der Waals surface area contributed by atoms with Crippen LogP contribution in [0, 0.1) is 5.92 Å². The monoisotopic (exact) mass is 277 g/mol. The predicted octanol–water partition coefficient (Wildman–Crippen LogP) is 2.80. The molecule has 0 fully saturated rings. The molecule has 1 amide bonds. The molecular formula is C16H23NO3. The fraction of sp³-hybridized carbons (Fsp3) is 0.500. The van der Waals surface area contributed by atoms with Crippen LogP contribution in [0.2, 0.25) is 0 Å². The molecule has 20 heavy (non-hydrogen) atoms. The lowest BCUT2D eigenvalue weighted by Gasteiger charge is -2.15. The van der Waals surface area contributed by atoms with Crippen molar-refractivity contribution in [2.45, 2.75) is 39.0 Å². The molecule has 4 heteroatoms. The van der Waals surface area contributed by atoms with Gasteiger partial charge in [0, 0.05) is 6.54 Å². The quantitative estimate of drug-likeness (QED) is 0.718. The van der Waals surface area contributed by atoms with Gasteiger partial charge in [-0.3, -0.25) is 9.59 Å². The molecule has 0 saturated carbocycles. The van der Waals surface area contributed by atoms with E-state index in [0.717, 1.165) is 12.0 Å². The Morgan fingerprint density at radius 3 is 2.45 bits per heavy atom. The zero-order valence-corrected chi connectivity index (χ0v) is 12.1. The largest absolute Gasteiger partial charge is 0.481 e. The van der Waals surface area contributed by atoms with E-state index in [0.29, 0.717) is 19.4 Å². The van der Waals surface area contributed by atoms with Crippen LogP contribution >= 0.6 is 0 Å². The molecule has 0 aliphatic rings. The molecule has 0 aliphatic carbocycles. The normalized spacial score (nSPS) is 13.5. The van der Waals surface area contributed by atoms with E-state index in [1.165, 1.54) is 0 Å². The number of carboxylic acids is 1. The van der Waals surface area contributed by atoms with Crippen LogP contribution < -0.4 is 5.32 Å². The Morgan fingerprint density at radius 1 is 1.25 bits per heavy atom. The number of carbonyl (C=O) groups is 2. The molecule has 0 bridgehead atoms. The van der Waals surface area contributed by atoms with Gasteiger partial charge >= 0.3 is 5.97 Å². The second-order valence-electron chi connectivity index (χ2n) is 5.04. The zero-order chi connectivity index (χ0) is 15.0. The smallest absolute Gasteiger partial charge is 0.306 e. The van der Waals surface area contributed by atoms with Crippen molar-refractivity contribution in [3.05, 3.63) is 35.9 Å². The van der Waals surface area contributed by atoms with Crippen LogP contribution in [-0.2, 0) is 9.59 Å². The van der Waals surface area contributed by atoms with Crippen LogP contribution in [0.1, 0.15) is 44.6 Å². The second-order valence-corrected chi connectivity index (χ2v) is 5.04. The summed E-state index contributed by atoms with van der Waals surface area (Å²) in [5.41, 5.74) is 1.02. The topological polar surface area (TPSA) is 66.4 Å². The maximum atomic E-state index is 12.1. The number of hydrogen-bond acceptors (Lipinski definition) is 2. The first-order chi connectivity index (χ1) is 9.56. The Hall–Kier alpha value is -1.84. The van der Waals surface area contributed by atoms with Gasteiger partial charge in [0.05, 0.1) is 11.8 Å². The number of carboxylic acid groups (broad SMARTS) is 1. The summed E-state index contributed by atoms with van der Waals surface area (Å²) >= 11 is 0. The lowest BCUT2D eigenvalue weighted by molar-refractivity contribution is -0.141. The van der Waals surface area contributed by atoms with Crippen molar-refractivity contribution >= 4 is 11.9 Å². The summed E-state index contributed by atoms with van der Waals surface area (Å²) in [6.07, 6.45) is 2.02. The third kappa shape index (κ3) is 5.03. The second kappa shape index (κ2) is 8.35. The standard InChI is InChI=1S/C16H23NO3/c1-3-14(13-9-5-4-6-10-13)15(18)17-11-7-8-12(2)16(19)20/h4-6,9-10,12,14H,3,7-8,11H2,1-2H3,(H,17,18)(H,19,20).